The van der Waals surface area contributed by atoms with Gasteiger partial charge in [-0.3, -0.25) is 9.59 Å². The zero-order valence-corrected chi connectivity index (χ0v) is 12.3. The number of Topliss-reactive ketones (excluding diaryl/α,β-unsaturated/α-hetero) is 1. The number of esters is 1. The van der Waals surface area contributed by atoms with E-state index in [1.807, 2.05) is 20.8 Å². The summed E-state index contributed by atoms with van der Waals surface area (Å²) in [5, 5.41) is 0. The zero-order valence-electron chi connectivity index (χ0n) is 12.3. The molecule has 18 heavy (non-hydrogen) atoms. The van der Waals surface area contributed by atoms with Gasteiger partial charge in [-0.25, -0.2) is 0 Å². The van der Waals surface area contributed by atoms with Crippen LogP contribution in [0.3, 0.4) is 0 Å². The molecule has 0 aliphatic rings. The van der Waals surface area contributed by atoms with Crippen LogP contribution in [0.2, 0.25) is 0 Å². The van der Waals surface area contributed by atoms with Gasteiger partial charge in [-0.15, -0.1) is 0 Å². The molecular formula is C15H28O3. The lowest BCUT2D eigenvalue weighted by molar-refractivity contribution is -0.147. The van der Waals surface area contributed by atoms with E-state index < -0.39 is 0 Å². The van der Waals surface area contributed by atoms with Gasteiger partial charge in [0, 0.05) is 5.92 Å². The Balaban J connectivity index is 3.98. The Labute approximate surface area is 111 Å². The summed E-state index contributed by atoms with van der Waals surface area (Å²) in [5.74, 6) is 0.0173. The molecule has 0 saturated carbocycles. The quantitative estimate of drug-likeness (QED) is 0.339. The molecule has 0 N–H and O–H groups in total. The minimum absolute atomic E-state index is 0.0307. The zero-order chi connectivity index (χ0) is 14.0. The second kappa shape index (κ2) is 10.1. The van der Waals surface area contributed by atoms with Crippen LogP contribution >= 0.6 is 0 Å². The molecule has 0 amide bonds. The molecule has 0 bridgehead atoms. The maximum absolute atomic E-state index is 11.9. The van der Waals surface area contributed by atoms with Gasteiger partial charge in [0.05, 0.1) is 6.61 Å². The fourth-order valence-electron chi connectivity index (χ4n) is 1.83. The molecule has 0 aromatic heterocycles. The molecule has 0 aliphatic carbocycles. The summed E-state index contributed by atoms with van der Waals surface area (Å²) >= 11 is 0. The second-order valence-electron chi connectivity index (χ2n) is 5.32. The molecule has 106 valence electrons. The summed E-state index contributed by atoms with van der Waals surface area (Å²) in [7, 11) is 0. The first-order valence-electron chi connectivity index (χ1n) is 7.19. The molecule has 0 aromatic carbocycles. The number of rotatable bonds is 10. The maximum atomic E-state index is 11.9. The monoisotopic (exact) mass is 256 g/mol. The fourth-order valence-corrected chi connectivity index (χ4v) is 1.83. The van der Waals surface area contributed by atoms with Crippen molar-refractivity contribution in [2.75, 3.05) is 6.61 Å². The number of carbonyl (C=O) groups excluding carboxylic acids is 2. The number of ketones is 1. The highest BCUT2D eigenvalue weighted by Crippen LogP contribution is 2.16. The molecule has 0 spiro atoms. The van der Waals surface area contributed by atoms with Crippen molar-refractivity contribution in [2.24, 2.45) is 11.8 Å². The molecule has 0 saturated heterocycles. The lowest BCUT2D eigenvalue weighted by atomic mass is 9.92. The van der Waals surface area contributed by atoms with Crippen LogP contribution in [-0.4, -0.2) is 18.4 Å². The number of unbranched alkanes of at least 4 members (excludes halogenated alkanes) is 2. The normalized spacial score (nSPS) is 12.5. The third kappa shape index (κ3) is 8.26. The molecular weight excluding hydrogens is 228 g/mol. The molecule has 3 nitrogen and oxygen atoms in total. The van der Waals surface area contributed by atoms with Crippen molar-refractivity contribution in [1.82, 2.24) is 0 Å². The number of hydrogen-bond acceptors (Lipinski definition) is 3. The molecule has 0 heterocycles. The number of carbonyl (C=O) groups is 2. The van der Waals surface area contributed by atoms with E-state index >= 15 is 0 Å². The SMILES string of the molecule is CCCCCC(CC)C(=O)CC(=O)OCC(C)C. The molecule has 0 radical (unpaired) electrons. The fraction of sp³-hybridized carbons (Fsp3) is 0.867. The van der Waals surface area contributed by atoms with Gasteiger partial charge in [0.1, 0.15) is 12.2 Å². The van der Waals surface area contributed by atoms with Gasteiger partial charge in [0.15, 0.2) is 0 Å². The summed E-state index contributed by atoms with van der Waals surface area (Å²) in [4.78, 5) is 23.4. The third-order valence-corrected chi connectivity index (χ3v) is 3.00. The van der Waals surface area contributed by atoms with Gasteiger partial charge >= 0.3 is 5.97 Å². The Kier molecular flexibility index (Phi) is 9.62. The summed E-state index contributed by atoms with van der Waals surface area (Å²) in [6.45, 7) is 8.52. The van der Waals surface area contributed by atoms with E-state index in [-0.39, 0.29) is 24.1 Å². The van der Waals surface area contributed by atoms with Crippen LogP contribution in [0.25, 0.3) is 0 Å². The summed E-state index contributed by atoms with van der Waals surface area (Å²) < 4.78 is 5.03. The van der Waals surface area contributed by atoms with Crippen LogP contribution in [0.1, 0.15) is 66.2 Å². The van der Waals surface area contributed by atoms with Crippen LogP contribution in [0.15, 0.2) is 0 Å². The standard InChI is InChI=1S/C15H28O3/c1-5-7-8-9-13(6-2)14(16)10-15(17)18-11-12(3)4/h12-13H,5-11H2,1-4H3. The molecule has 0 aliphatic heterocycles. The molecule has 0 aromatic rings. The van der Waals surface area contributed by atoms with Crippen LogP contribution in [0, 0.1) is 11.8 Å². The Morgan fingerprint density at radius 1 is 1.11 bits per heavy atom. The highest BCUT2D eigenvalue weighted by Gasteiger charge is 2.19. The van der Waals surface area contributed by atoms with E-state index in [0.717, 1.165) is 32.1 Å². The van der Waals surface area contributed by atoms with E-state index in [1.54, 1.807) is 0 Å². The van der Waals surface area contributed by atoms with Crippen molar-refractivity contribution < 1.29 is 14.3 Å². The molecule has 0 rings (SSSR count). The van der Waals surface area contributed by atoms with Crippen LogP contribution < -0.4 is 0 Å². The van der Waals surface area contributed by atoms with E-state index in [4.69, 9.17) is 4.74 Å². The van der Waals surface area contributed by atoms with Gasteiger partial charge in [0.2, 0.25) is 0 Å². The molecule has 3 heteroatoms. The van der Waals surface area contributed by atoms with Crippen LogP contribution in [0.4, 0.5) is 0 Å². The largest absolute Gasteiger partial charge is 0.465 e. The first-order chi connectivity index (χ1) is 8.51. The third-order valence-electron chi connectivity index (χ3n) is 3.00. The summed E-state index contributed by atoms with van der Waals surface area (Å²) in [6.07, 6.45) is 5.04. The van der Waals surface area contributed by atoms with Gasteiger partial charge in [-0.2, -0.15) is 0 Å². The Morgan fingerprint density at radius 2 is 1.78 bits per heavy atom. The maximum Gasteiger partial charge on any atom is 0.313 e. The van der Waals surface area contributed by atoms with Crippen molar-refractivity contribution >= 4 is 11.8 Å². The first-order valence-corrected chi connectivity index (χ1v) is 7.19. The molecule has 0 fully saturated rings. The van der Waals surface area contributed by atoms with Crippen molar-refractivity contribution in [2.45, 2.75) is 66.2 Å². The predicted molar refractivity (Wildman–Crippen MR) is 73.3 cm³/mol. The molecule has 1 unspecified atom stereocenters. The minimum atomic E-state index is -0.373. The van der Waals surface area contributed by atoms with Crippen molar-refractivity contribution in [3.63, 3.8) is 0 Å². The Hall–Kier alpha value is -0.860. The van der Waals surface area contributed by atoms with Crippen molar-refractivity contribution in [3.8, 4) is 0 Å². The van der Waals surface area contributed by atoms with Crippen molar-refractivity contribution in [3.05, 3.63) is 0 Å². The number of ether oxygens (including phenoxy) is 1. The smallest absolute Gasteiger partial charge is 0.313 e. The van der Waals surface area contributed by atoms with E-state index in [0.29, 0.717) is 12.5 Å². The Bertz CT molecular complexity index is 246. The lowest BCUT2D eigenvalue weighted by Crippen LogP contribution is -2.20. The Morgan fingerprint density at radius 3 is 2.28 bits per heavy atom. The van der Waals surface area contributed by atoms with Gasteiger partial charge in [-0.1, -0.05) is 47.0 Å². The van der Waals surface area contributed by atoms with Crippen LogP contribution in [-0.2, 0) is 14.3 Å². The molecule has 1 atom stereocenters. The summed E-state index contributed by atoms with van der Waals surface area (Å²) in [6, 6.07) is 0. The van der Waals surface area contributed by atoms with Gasteiger partial charge in [0.25, 0.3) is 0 Å². The van der Waals surface area contributed by atoms with E-state index in [1.165, 1.54) is 0 Å². The topological polar surface area (TPSA) is 43.4 Å². The highest BCUT2D eigenvalue weighted by atomic mass is 16.5. The van der Waals surface area contributed by atoms with Crippen molar-refractivity contribution in [1.29, 1.82) is 0 Å². The van der Waals surface area contributed by atoms with E-state index in [9.17, 15) is 9.59 Å². The first kappa shape index (κ1) is 17.1. The highest BCUT2D eigenvalue weighted by molar-refractivity contribution is 5.96. The second-order valence-corrected chi connectivity index (χ2v) is 5.32. The van der Waals surface area contributed by atoms with E-state index in [2.05, 4.69) is 6.92 Å². The number of hydrogen-bond donors (Lipinski definition) is 0. The minimum Gasteiger partial charge on any atom is -0.465 e. The average molecular weight is 256 g/mol. The van der Waals surface area contributed by atoms with Crippen LogP contribution in [0.5, 0.6) is 0 Å². The average Bonchev–Trinajstić information content (AvgIpc) is 2.32. The summed E-state index contributed by atoms with van der Waals surface area (Å²) in [5.41, 5.74) is 0. The predicted octanol–water partition coefficient (Wildman–Crippen LogP) is 3.75. The van der Waals surface area contributed by atoms with Gasteiger partial charge < -0.3 is 4.74 Å². The van der Waals surface area contributed by atoms with Gasteiger partial charge in [-0.05, 0) is 18.8 Å². The lowest BCUT2D eigenvalue weighted by Gasteiger charge is -2.13.